The van der Waals surface area contributed by atoms with Gasteiger partial charge in [0.05, 0.1) is 12.8 Å². The molecule has 0 radical (unpaired) electrons. The van der Waals surface area contributed by atoms with Crippen molar-refractivity contribution in [3.05, 3.63) is 17.5 Å². The van der Waals surface area contributed by atoms with Crippen LogP contribution in [0, 0.1) is 11.8 Å². The van der Waals surface area contributed by atoms with Gasteiger partial charge in [0.2, 0.25) is 0 Å². The van der Waals surface area contributed by atoms with E-state index in [0.717, 1.165) is 23.9 Å². The molecule has 0 amide bonds. The number of hydrogen-bond donors (Lipinski definition) is 1. The third-order valence-corrected chi connectivity index (χ3v) is 4.00. The summed E-state index contributed by atoms with van der Waals surface area (Å²) in [6, 6.07) is 0. The number of nitrogens with zero attached hydrogens (tertiary/aromatic N) is 2. The molecule has 3 rings (SSSR count). The van der Waals surface area contributed by atoms with Gasteiger partial charge in [-0.2, -0.15) is 5.10 Å². The highest BCUT2D eigenvalue weighted by Crippen LogP contribution is 2.43. The van der Waals surface area contributed by atoms with Crippen LogP contribution in [0.3, 0.4) is 0 Å². The Hall–Kier alpha value is -0.830. The van der Waals surface area contributed by atoms with E-state index < -0.39 is 0 Å². The van der Waals surface area contributed by atoms with Crippen LogP contribution in [-0.2, 0) is 13.2 Å². The second-order valence-electron chi connectivity index (χ2n) is 5.61. The Morgan fingerprint density at radius 2 is 2.19 bits per heavy atom. The molecule has 0 unspecified atom stereocenters. The van der Waals surface area contributed by atoms with Gasteiger partial charge in [0.1, 0.15) is 0 Å². The molecule has 0 spiro atoms. The van der Waals surface area contributed by atoms with Crippen LogP contribution >= 0.6 is 0 Å². The van der Waals surface area contributed by atoms with Crippen molar-refractivity contribution in [3.8, 4) is 0 Å². The fourth-order valence-electron chi connectivity index (χ4n) is 2.99. The molecule has 3 heteroatoms. The quantitative estimate of drug-likeness (QED) is 0.845. The molecule has 1 heterocycles. The first-order valence-electron chi connectivity index (χ1n) is 6.43. The zero-order valence-corrected chi connectivity index (χ0v) is 9.89. The van der Waals surface area contributed by atoms with Crippen molar-refractivity contribution in [1.82, 2.24) is 9.78 Å². The fraction of sp³-hybridized carbons (Fsp3) is 0.769. The molecule has 0 aliphatic heterocycles. The molecule has 1 N–H and O–H groups in total. The summed E-state index contributed by atoms with van der Waals surface area (Å²) < 4.78 is 2.17. The van der Waals surface area contributed by atoms with Crippen molar-refractivity contribution in [2.75, 3.05) is 0 Å². The maximum Gasteiger partial charge on any atom is 0.0715 e. The van der Waals surface area contributed by atoms with E-state index in [1.165, 1.54) is 31.4 Å². The molecule has 0 saturated heterocycles. The van der Waals surface area contributed by atoms with Crippen LogP contribution in [0.4, 0.5) is 0 Å². The van der Waals surface area contributed by atoms with Crippen LogP contribution in [-0.4, -0.2) is 14.9 Å². The van der Waals surface area contributed by atoms with Crippen LogP contribution in [0.1, 0.15) is 49.8 Å². The Bertz CT molecular complexity index is 375. The number of aliphatic hydroxyl groups is 1. The van der Waals surface area contributed by atoms with Gasteiger partial charge in [-0.3, -0.25) is 4.68 Å². The molecule has 0 bridgehead atoms. The second-order valence-corrected chi connectivity index (χ2v) is 5.61. The van der Waals surface area contributed by atoms with Crippen LogP contribution in [0.5, 0.6) is 0 Å². The molecular weight excluding hydrogens is 200 g/mol. The van der Waals surface area contributed by atoms with Gasteiger partial charge >= 0.3 is 0 Å². The molecule has 1 aromatic rings. The molecule has 2 aliphatic rings. The van der Waals surface area contributed by atoms with E-state index in [4.69, 9.17) is 0 Å². The molecule has 2 fully saturated rings. The lowest BCUT2D eigenvalue weighted by atomic mass is 9.76. The van der Waals surface area contributed by atoms with Gasteiger partial charge in [-0.15, -0.1) is 0 Å². The van der Waals surface area contributed by atoms with Gasteiger partial charge in [-0.1, -0.05) is 6.92 Å². The van der Waals surface area contributed by atoms with E-state index >= 15 is 0 Å². The van der Waals surface area contributed by atoms with E-state index in [2.05, 4.69) is 16.7 Å². The number of hydrogen-bond acceptors (Lipinski definition) is 2. The Morgan fingerprint density at radius 3 is 2.75 bits per heavy atom. The SMILES string of the molecule is CC1CC(Cn2ncc(CO)c2C2CC2)C1. The summed E-state index contributed by atoms with van der Waals surface area (Å²) in [6.07, 6.45) is 7.10. The minimum Gasteiger partial charge on any atom is -0.392 e. The van der Waals surface area contributed by atoms with E-state index in [9.17, 15) is 5.11 Å². The smallest absolute Gasteiger partial charge is 0.0715 e. The lowest BCUT2D eigenvalue weighted by Crippen LogP contribution is -2.26. The maximum atomic E-state index is 9.30. The van der Waals surface area contributed by atoms with E-state index in [-0.39, 0.29) is 6.61 Å². The zero-order valence-electron chi connectivity index (χ0n) is 9.89. The first kappa shape index (κ1) is 10.3. The largest absolute Gasteiger partial charge is 0.392 e. The summed E-state index contributed by atoms with van der Waals surface area (Å²) >= 11 is 0. The first-order valence-corrected chi connectivity index (χ1v) is 6.43. The van der Waals surface area contributed by atoms with Gasteiger partial charge in [0.25, 0.3) is 0 Å². The summed E-state index contributed by atoms with van der Waals surface area (Å²) in [7, 11) is 0. The summed E-state index contributed by atoms with van der Waals surface area (Å²) in [6.45, 7) is 3.53. The van der Waals surface area contributed by atoms with Gasteiger partial charge in [-0.25, -0.2) is 0 Å². The summed E-state index contributed by atoms with van der Waals surface area (Å²) in [5.41, 5.74) is 2.37. The monoisotopic (exact) mass is 220 g/mol. The minimum absolute atomic E-state index is 0.146. The van der Waals surface area contributed by atoms with Crippen LogP contribution in [0.2, 0.25) is 0 Å². The molecule has 2 aliphatic carbocycles. The van der Waals surface area contributed by atoms with Crippen molar-refractivity contribution in [3.63, 3.8) is 0 Å². The molecule has 0 atom stereocenters. The Balaban J connectivity index is 1.75. The van der Waals surface area contributed by atoms with Crippen molar-refractivity contribution < 1.29 is 5.11 Å². The van der Waals surface area contributed by atoms with Gasteiger partial charge in [0.15, 0.2) is 0 Å². The Labute approximate surface area is 96.5 Å². The minimum atomic E-state index is 0.146. The lowest BCUT2D eigenvalue weighted by Gasteiger charge is -2.33. The fourth-order valence-corrected chi connectivity index (χ4v) is 2.99. The predicted octanol–water partition coefficient (Wildman–Crippen LogP) is 2.30. The van der Waals surface area contributed by atoms with E-state index in [1.807, 2.05) is 6.20 Å². The number of aromatic nitrogens is 2. The highest BCUT2D eigenvalue weighted by molar-refractivity contribution is 5.25. The highest BCUT2D eigenvalue weighted by Gasteiger charge is 2.32. The van der Waals surface area contributed by atoms with Crippen LogP contribution in [0.15, 0.2) is 6.20 Å². The predicted molar refractivity (Wildman–Crippen MR) is 62.0 cm³/mol. The van der Waals surface area contributed by atoms with Crippen molar-refractivity contribution in [2.24, 2.45) is 11.8 Å². The lowest BCUT2D eigenvalue weighted by molar-refractivity contribution is 0.180. The summed E-state index contributed by atoms with van der Waals surface area (Å²) in [4.78, 5) is 0. The normalized spacial score (nSPS) is 29.1. The van der Waals surface area contributed by atoms with Gasteiger partial charge in [-0.05, 0) is 37.5 Å². The number of rotatable bonds is 4. The van der Waals surface area contributed by atoms with E-state index in [1.54, 1.807) is 0 Å². The van der Waals surface area contributed by atoms with Crippen molar-refractivity contribution in [1.29, 1.82) is 0 Å². The van der Waals surface area contributed by atoms with Crippen molar-refractivity contribution in [2.45, 2.75) is 51.7 Å². The zero-order chi connectivity index (χ0) is 11.1. The Morgan fingerprint density at radius 1 is 1.44 bits per heavy atom. The molecule has 88 valence electrons. The third kappa shape index (κ3) is 1.77. The van der Waals surface area contributed by atoms with Crippen molar-refractivity contribution >= 4 is 0 Å². The summed E-state index contributed by atoms with van der Waals surface area (Å²) in [5.74, 6) is 2.41. The molecule has 0 aromatic carbocycles. The maximum absolute atomic E-state index is 9.30. The first-order chi connectivity index (χ1) is 7.78. The summed E-state index contributed by atoms with van der Waals surface area (Å²) in [5, 5.41) is 13.8. The average Bonchev–Trinajstić information content (AvgIpc) is 2.98. The molecule has 3 nitrogen and oxygen atoms in total. The molecular formula is C13H20N2O. The topological polar surface area (TPSA) is 38.0 Å². The third-order valence-electron chi connectivity index (χ3n) is 4.00. The molecule has 2 saturated carbocycles. The number of aliphatic hydroxyl groups excluding tert-OH is 1. The highest BCUT2D eigenvalue weighted by atomic mass is 16.3. The average molecular weight is 220 g/mol. The Kier molecular flexibility index (Phi) is 2.51. The van der Waals surface area contributed by atoms with E-state index in [0.29, 0.717) is 5.92 Å². The van der Waals surface area contributed by atoms with Crippen LogP contribution in [0.25, 0.3) is 0 Å². The second kappa shape index (κ2) is 3.88. The van der Waals surface area contributed by atoms with Gasteiger partial charge in [0, 0.05) is 23.7 Å². The molecule has 1 aromatic heterocycles. The standard InChI is InChI=1S/C13H20N2O/c1-9-4-10(5-9)7-15-13(11-2-3-11)12(8-16)6-14-15/h6,9-11,16H,2-5,7-8H2,1H3. The van der Waals surface area contributed by atoms with Crippen LogP contribution < -0.4 is 0 Å². The molecule has 16 heavy (non-hydrogen) atoms. The van der Waals surface area contributed by atoms with Gasteiger partial charge < -0.3 is 5.11 Å².